The highest BCUT2D eigenvalue weighted by Crippen LogP contribution is 2.37. The molecule has 1 aromatic carbocycles. The minimum Gasteiger partial charge on any atom is -0.495 e. The van der Waals surface area contributed by atoms with E-state index < -0.39 is 5.72 Å². The zero-order valence-electron chi connectivity index (χ0n) is 9.18. The van der Waals surface area contributed by atoms with Gasteiger partial charge >= 0.3 is 0 Å². The van der Waals surface area contributed by atoms with Gasteiger partial charge in [-0.15, -0.1) is 0 Å². The number of amides is 1. The zero-order valence-corrected chi connectivity index (χ0v) is 9.18. The molecule has 0 saturated heterocycles. The Morgan fingerprint density at radius 3 is 2.50 bits per heavy atom. The minimum absolute atomic E-state index is 0.242. The molecule has 0 aromatic heterocycles. The van der Waals surface area contributed by atoms with Crippen LogP contribution >= 0.6 is 0 Å². The maximum Gasteiger partial charge on any atom is 0.252 e. The van der Waals surface area contributed by atoms with E-state index in [1.165, 1.54) is 25.1 Å². The van der Waals surface area contributed by atoms with Gasteiger partial charge in [-0.1, -0.05) is 30.3 Å². The molecule has 2 rings (SSSR count). The number of carbonyl (C=O) groups excluding carboxylic acids is 1. The number of nitrogens with zero attached hydrogens (tertiary/aromatic N) is 1. The lowest BCUT2D eigenvalue weighted by Crippen LogP contribution is -2.43. The number of methoxy groups -OCH3 is 1. The Labute approximate surface area is 93.8 Å². The standard InChI is InChI=1S/C12H13NO3/c1-13-11(14)8-10(16-2)12(13,15)9-6-4-3-5-7-9/h3-8,15H,1-2H3. The van der Waals surface area contributed by atoms with Gasteiger partial charge in [-0.25, -0.2) is 0 Å². The van der Waals surface area contributed by atoms with Crippen LogP contribution in [0.15, 0.2) is 42.2 Å². The number of rotatable bonds is 2. The number of aliphatic hydroxyl groups is 1. The molecule has 0 fully saturated rings. The molecular weight excluding hydrogens is 206 g/mol. The van der Waals surface area contributed by atoms with Gasteiger partial charge in [0.25, 0.3) is 5.91 Å². The quantitative estimate of drug-likeness (QED) is 0.801. The molecule has 1 heterocycles. The first-order valence-electron chi connectivity index (χ1n) is 4.92. The summed E-state index contributed by atoms with van der Waals surface area (Å²) in [6.07, 6.45) is 1.30. The fourth-order valence-corrected chi connectivity index (χ4v) is 1.84. The third-order valence-electron chi connectivity index (χ3n) is 2.81. The summed E-state index contributed by atoms with van der Waals surface area (Å²) in [5.41, 5.74) is -0.885. The van der Waals surface area contributed by atoms with Crippen molar-refractivity contribution < 1.29 is 14.6 Å². The van der Waals surface area contributed by atoms with Crippen LogP contribution in [0.3, 0.4) is 0 Å². The first kappa shape index (κ1) is 10.7. The second-order valence-electron chi connectivity index (χ2n) is 3.65. The van der Waals surface area contributed by atoms with Crippen molar-refractivity contribution >= 4 is 5.91 Å². The summed E-state index contributed by atoms with van der Waals surface area (Å²) in [6, 6.07) is 8.96. The summed E-state index contributed by atoms with van der Waals surface area (Å²) in [7, 11) is 2.98. The van der Waals surface area contributed by atoms with Crippen LogP contribution < -0.4 is 0 Å². The van der Waals surface area contributed by atoms with Crippen LogP contribution in [0.25, 0.3) is 0 Å². The van der Waals surface area contributed by atoms with Crippen molar-refractivity contribution in [3.8, 4) is 0 Å². The van der Waals surface area contributed by atoms with Crippen molar-refractivity contribution in [1.29, 1.82) is 0 Å². The van der Waals surface area contributed by atoms with Crippen molar-refractivity contribution in [3.63, 3.8) is 0 Å². The van der Waals surface area contributed by atoms with Crippen LogP contribution in [0.1, 0.15) is 5.56 Å². The molecule has 84 valence electrons. The summed E-state index contributed by atoms with van der Waals surface area (Å²) in [6.45, 7) is 0. The van der Waals surface area contributed by atoms with Gasteiger partial charge in [0.2, 0.25) is 5.72 Å². The van der Waals surface area contributed by atoms with Crippen LogP contribution in [0.2, 0.25) is 0 Å². The van der Waals surface area contributed by atoms with Crippen molar-refractivity contribution in [3.05, 3.63) is 47.7 Å². The van der Waals surface area contributed by atoms with Crippen molar-refractivity contribution in [1.82, 2.24) is 4.90 Å². The van der Waals surface area contributed by atoms with Gasteiger partial charge in [0, 0.05) is 18.7 Å². The summed E-state index contributed by atoms with van der Waals surface area (Å²) >= 11 is 0. The molecule has 1 aliphatic heterocycles. The molecule has 1 amide bonds. The van der Waals surface area contributed by atoms with Gasteiger partial charge in [-0.2, -0.15) is 0 Å². The summed E-state index contributed by atoms with van der Waals surface area (Å²) in [5, 5.41) is 10.6. The topological polar surface area (TPSA) is 49.8 Å². The Morgan fingerprint density at radius 1 is 1.31 bits per heavy atom. The van der Waals surface area contributed by atoms with E-state index in [-0.39, 0.29) is 11.7 Å². The van der Waals surface area contributed by atoms with E-state index in [1.807, 2.05) is 6.07 Å². The van der Waals surface area contributed by atoms with Crippen molar-refractivity contribution in [2.24, 2.45) is 0 Å². The average Bonchev–Trinajstić information content (AvgIpc) is 2.55. The highest BCUT2D eigenvalue weighted by atomic mass is 16.5. The number of likely N-dealkylation sites (N-methyl/N-ethyl adjacent to an activating group) is 1. The Morgan fingerprint density at radius 2 is 1.94 bits per heavy atom. The fourth-order valence-electron chi connectivity index (χ4n) is 1.84. The fraction of sp³-hybridized carbons (Fsp3) is 0.250. The monoisotopic (exact) mass is 219 g/mol. The second-order valence-corrected chi connectivity index (χ2v) is 3.65. The maximum atomic E-state index is 11.5. The van der Waals surface area contributed by atoms with E-state index in [4.69, 9.17) is 4.74 Å². The number of ether oxygens (including phenoxy) is 1. The molecule has 0 aliphatic carbocycles. The molecule has 1 aromatic rings. The van der Waals surface area contributed by atoms with Gasteiger partial charge in [0.15, 0.2) is 5.76 Å². The predicted octanol–water partition coefficient (Wildman–Crippen LogP) is 0.834. The number of hydrogen-bond donors (Lipinski definition) is 1. The summed E-state index contributed by atoms with van der Waals surface area (Å²) in [4.78, 5) is 12.8. The highest BCUT2D eigenvalue weighted by molar-refractivity contribution is 5.92. The van der Waals surface area contributed by atoms with Crippen LogP contribution in [-0.2, 0) is 15.3 Å². The molecule has 1 N–H and O–H groups in total. The van der Waals surface area contributed by atoms with E-state index in [2.05, 4.69) is 0 Å². The first-order valence-corrected chi connectivity index (χ1v) is 4.92. The minimum atomic E-state index is -1.49. The van der Waals surface area contributed by atoms with Gasteiger partial charge in [0.05, 0.1) is 7.11 Å². The van der Waals surface area contributed by atoms with E-state index in [0.29, 0.717) is 5.56 Å². The first-order chi connectivity index (χ1) is 7.60. The van der Waals surface area contributed by atoms with Crippen LogP contribution in [0.5, 0.6) is 0 Å². The molecule has 0 saturated carbocycles. The Kier molecular flexibility index (Phi) is 2.44. The number of hydrogen-bond acceptors (Lipinski definition) is 3. The van der Waals surface area contributed by atoms with E-state index in [1.54, 1.807) is 24.3 Å². The van der Waals surface area contributed by atoms with Crippen LogP contribution in [0.4, 0.5) is 0 Å². The molecule has 4 nitrogen and oxygen atoms in total. The lowest BCUT2D eigenvalue weighted by atomic mass is 10.0. The third kappa shape index (κ3) is 1.31. The normalized spacial score (nSPS) is 24.6. The third-order valence-corrected chi connectivity index (χ3v) is 2.81. The van der Waals surface area contributed by atoms with Gasteiger partial charge in [-0.05, 0) is 0 Å². The SMILES string of the molecule is COC1=CC(=O)N(C)C1(O)c1ccccc1. The van der Waals surface area contributed by atoms with Crippen molar-refractivity contribution in [2.75, 3.05) is 14.2 Å². The van der Waals surface area contributed by atoms with Gasteiger partial charge < -0.3 is 14.7 Å². The summed E-state index contributed by atoms with van der Waals surface area (Å²) in [5.74, 6) is -0.0330. The molecule has 16 heavy (non-hydrogen) atoms. The molecule has 1 atom stereocenters. The number of carbonyl (C=O) groups is 1. The molecule has 1 unspecified atom stereocenters. The molecule has 1 aliphatic rings. The summed E-state index contributed by atoms with van der Waals surface area (Å²) < 4.78 is 5.07. The molecular formula is C12H13NO3. The molecule has 4 heteroatoms. The van der Waals surface area contributed by atoms with Crippen LogP contribution in [0, 0.1) is 0 Å². The second kappa shape index (κ2) is 3.64. The van der Waals surface area contributed by atoms with E-state index >= 15 is 0 Å². The van der Waals surface area contributed by atoms with Crippen LogP contribution in [-0.4, -0.2) is 30.1 Å². The predicted molar refractivity (Wildman–Crippen MR) is 58.2 cm³/mol. The van der Waals surface area contributed by atoms with Gasteiger partial charge in [0.1, 0.15) is 0 Å². The molecule has 0 radical (unpaired) electrons. The Hall–Kier alpha value is -1.81. The lowest BCUT2D eigenvalue weighted by molar-refractivity contribution is -0.144. The lowest BCUT2D eigenvalue weighted by Gasteiger charge is -2.32. The highest BCUT2D eigenvalue weighted by Gasteiger charge is 2.46. The van der Waals surface area contributed by atoms with Gasteiger partial charge in [-0.3, -0.25) is 4.79 Å². The maximum absolute atomic E-state index is 11.5. The Balaban J connectivity index is 2.52. The number of benzene rings is 1. The molecule has 0 bridgehead atoms. The zero-order chi connectivity index (χ0) is 11.8. The average molecular weight is 219 g/mol. The van der Waals surface area contributed by atoms with E-state index in [0.717, 1.165) is 0 Å². The Bertz CT molecular complexity index is 441. The van der Waals surface area contributed by atoms with Crippen molar-refractivity contribution in [2.45, 2.75) is 5.72 Å². The largest absolute Gasteiger partial charge is 0.495 e. The molecule has 0 spiro atoms. The van der Waals surface area contributed by atoms with E-state index in [9.17, 15) is 9.90 Å². The smallest absolute Gasteiger partial charge is 0.252 e.